The van der Waals surface area contributed by atoms with Gasteiger partial charge in [0.25, 0.3) is 0 Å². The predicted octanol–water partition coefficient (Wildman–Crippen LogP) is -0.468. The molecule has 0 aliphatic carbocycles. The number of hydrogen-bond donors (Lipinski definition) is 1. The van der Waals surface area contributed by atoms with Crippen LogP contribution in [0.1, 0.15) is 12.8 Å². The average Bonchev–Trinajstić information content (AvgIpc) is 2.15. The normalized spacial score (nSPS) is 15.9. The lowest BCUT2D eigenvalue weighted by atomic mass is 10.2. The van der Waals surface area contributed by atoms with Crippen LogP contribution in [0.2, 0.25) is 0 Å². The molecule has 6 heteroatoms. The second-order valence-corrected chi connectivity index (χ2v) is 2.96. The van der Waals surface area contributed by atoms with E-state index >= 15 is 0 Å². The summed E-state index contributed by atoms with van der Waals surface area (Å²) < 4.78 is 5.09. The first-order valence-electron chi connectivity index (χ1n) is 4.34. The van der Waals surface area contributed by atoms with Crippen LogP contribution in [0.4, 0.5) is 0 Å². The molecule has 1 aliphatic heterocycles. The highest BCUT2D eigenvalue weighted by molar-refractivity contribution is 5.85. The van der Waals surface area contributed by atoms with Gasteiger partial charge in [0.15, 0.2) is 0 Å². The van der Waals surface area contributed by atoms with Crippen molar-refractivity contribution in [3.63, 3.8) is 0 Å². The maximum atomic E-state index is 11.4. The second kappa shape index (κ2) is 6.62. The number of amides is 2. The van der Waals surface area contributed by atoms with Crippen LogP contribution in [-0.4, -0.2) is 43.0 Å². The summed E-state index contributed by atoms with van der Waals surface area (Å²) in [5, 5.41) is 0. The van der Waals surface area contributed by atoms with Gasteiger partial charge in [0.2, 0.25) is 11.8 Å². The first-order chi connectivity index (χ1) is 6.20. The molecule has 0 unspecified atom stereocenters. The Balaban J connectivity index is 0.00000169. The van der Waals surface area contributed by atoms with Crippen LogP contribution in [0, 0.1) is 0 Å². The molecular formula is C8H15ClN2O3. The Morgan fingerprint density at radius 1 is 1.21 bits per heavy atom. The molecule has 1 aliphatic rings. The highest BCUT2D eigenvalue weighted by Gasteiger charge is 2.16. The third-order valence-corrected chi connectivity index (χ3v) is 1.95. The fourth-order valence-electron chi connectivity index (χ4n) is 1.20. The van der Waals surface area contributed by atoms with Crippen LogP contribution in [-0.2, 0) is 14.3 Å². The third-order valence-electron chi connectivity index (χ3n) is 1.95. The minimum atomic E-state index is -0.429. The molecule has 1 fully saturated rings. The lowest BCUT2D eigenvalue weighted by molar-refractivity contribution is -0.136. The number of halogens is 1. The van der Waals surface area contributed by atoms with Crippen LogP contribution < -0.4 is 5.73 Å². The van der Waals surface area contributed by atoms with E-state index in [2.05, 4.69) is 0 Å². The number of nitrogens with two attached hydrogens (primary N) is 1. The van der Waals surface area contributed by atoms with Crippen LogP contribution in [0.15, 0.2) is 0 Å². The zero-order chi connectivity index (χ0) is 9.68. The Bertz CT molecular complexity index is 205. The molecule has 0 aromatic carbocycles. The summed E-state index contributed by atoms with van der Waals surface area (Å²) in [6.07, 6.45) is 0.353. The van der Waals surface area contributed by atoms with Crippen LogP contribution in [0.25, 0.3) is 0 Å². The number of hydrogen-bond acceptors (Lipinski definition) is 3. The molecule has 5 nitrogen and oxygen atoms in total. The van der Waals surface area contributed by atoms with Crippen molar-refractivity contribution in [1.82, 2.24) is 4.90 Å². The van der Waals surface area contributed by atoms with E-state index in [1.54, 1.807) is 4.90 Å². The summed E-state index contributed by atoms with van der Waals surface area (Å²) in [5.41, 5.74) is 4.94. The molecule has 0 spiro atoms. The standard InChI is InChI=1S/C8H14N2O3.ClH/c9-7(11)1-2-8(12)10-3-5-13-6-4-10;/h1-6H2,(H2,9,11);1H. The Kier molecular flexibility index (Phi) is 6.23. The predicted molar refractivity (Wildman–Crippen MR) is 53.1 cm³/mol. The number of nitrogens with zero attached hydrogens (tertiary/aromatic N) is 1. The summed E-state index contributed by atoms with van der Waals surface area (Å²) in [4.78, 5) is 23.5. The van der Waals surface area contributed by atoms with Gasteiger partial charge in [0, 0.05) is 25.9 Å². The molecule has 0 saturated carbocycles. The lowest BCUT2D eigenvalue weighted by Gasteiger charge is -2.26. The molecule has 2 N–H and O–H groups in total. The van der Waals surface area contributed by atoms with Gasteiger partial charge >= 0.3 is 0 Å². The van der Waals surface area contributed by atoms with Crippen LogP contribution in [0.5, 0.6) is 0 Å². The summed E-state index contributed by atoms with van der Waals surface area (Å²) in [7, 11) is 0. The second-order valence-electron chi connectivity index (χ2n) is 2.96. The molecule has 0 aromatic heterocycles. The van der Waals surface area contributed by atoms with Gasteiger partial charge in [-0.25, -0.2) is 0 Å². The topological polar surface area (TPSA) is 72.6 Å². The Morgan fingerprint density at radius 2 is 1.79 bits per heavy atom. The average molecular weight is 223 g/mol. The molecule has 0 aromatic rings. The fraction of sp³-hybridized carbons (Fsp3) is 0.750. The highest BCUT2D eigenvalue weighted by Crippen LogP contribution is 2.01. The largest absolute Gasteiger partial charge is 0.378 e. The van der Waals surface area contributed by atoms with Gasteiger partial charge in [0.05, 0.1) is 13.2 Å². The summed E-state index contributed by atoms with van der Waals surface area (Å²) in [5.74, 6) is -0.441. The van der Waals surface area contributed by atoms with Crippen molar-refractivity contribution in [2.45, 2.75) is 12.8 Å². The van der Waals surface area contributed by atoms with E-state index in [-0.39, 0.29) is 31.2 Å². The van der Waals surface area contributed by atoms with E-state index in [9.17, 15) is 9.59 Å². The lowest BCUT2D eigenvalue weighted by Crippen LogP contribution is -2.40. The number of rotatable bonds is 3. The van der Waals surface area contributed by atoms with E-state index in [4.69, 9.17) is 10.5 Å². The van der Waals surface area contributed by atoms with Gasteiger partial charge in [-0.05, 0) is 0 Å². The fourth-order valence-corrected chi connectivity index (χ4v) is 1.20. The molecule has 1 saturated heterocycles. The smallest absolute Gasteiger partial charge is 0.223 e. The molecule has 1 heterocycles. The number of carbonyl (C=O) groups excluding carboxylic acids is 2. The molecule has 0 bridgehead atoms. The summed E-state index contributed by atoms with van der Waals surface area (Å²) in [6, 6.07) is 0. The first kappa shape index (κ1) is 13.2. The molecular weight excluding hydrogens is 208 g/mol. The van der Waals surface area contributed by atoms with Gasteiger partial charge in [0.1, 0.15) is 0 Å². The van der Waals surface area contributed by atoms with Gasteiger partial charge < -0.3 is 15.4 Å². The maximum absolute atomic E-state index is 11.4. The number of ether oxygens (including phenoxy) is 1. The highest BCUT2D eigenvalue weighted by atomic mass is 35.5. The van der Waals surface area contributed by atoms with E-state index in [1.165, 1.54) is 0 Å². The molecule has 0 atom stereocenters. The molecule has 2 amide bonds. The van der Waals surface area contributed by atoms with Crippen molar-refractivity contribution in [3.05, 3.63) is 0 Å². The quantitative estimate of drug-likeness (QED) is 0.702. The third kappa shape index (κ3) is 4.43. The van der Waals surface area contributed by atoms with E-state index < -0.39 is 5.91 Å². The zero-order valence-electron chi connectivity index (χ0n) is 7.90. The van der Waals surface area contributed by atoms with Gasteiger partial charge in [-0.15, -0.1) is 12.4 Å². The van der Waals surface area contributed by atoms with Crippen LogP contribution >= 0.6 is 12.4 Å². The van der Waals surface area contributed by atoms with Crippen molar-refractivity contribution in [1.29, 1.82) is 0 Å². The Labute approximate surface area is 89.0 Å². The molecule has 14 heavy (non-hydrogen) atoms. The van der Waals surface area contributed by atoms with E-state index in [0.717, 1.165) is 0 Å². The van der Waals surface area contributed by atoms with Gasteiger partial charge in [-0.3, -0.25) is 9.59 Å². The SMILES string of the molecule is Cl.NC(=O)CCC(=O)N1CCOCC1. The zero-order valence-corrected chi connectivity index (χ0v) is 8.72. The molecule has 0 radical (unpaired) electrons. The van der Waals surface area contributed by atoms with Gasteiger partial charge in [-0.2, -0.15) is 0 Å². The van der Waals surface area contributed by atoms with Crippen molar-refractivity contribution < 1.29 is 14.3 Å². The molecule has 82 valence electrons. The van der Waals surface area contributed by atoms with Gasteiger partial charge in [-0.1, -0.05) is 0 Å². The number of morpholine rings is 1. The minimum absolute atomic E-state index is 0. The van der Waals surface area contributed by atoms with E-state index in [0.29, 0.717) is 26.3 Å². The monoisotopic (exact) mass is 222 g/mol. The van der Waals surface area contributed by atoms with Crippen molar-refractivity contribution in [2.75, 3.05) is 26.3 Å². The number of carbonyl (C=O) groups is 2. The van der Waals surface area contributed by atoms with Crippen molar-refractivity contribution in [3.8, 4) is 0 Å². The minimum Gasteiger partial charge on any atom is -0.378 e. The summed E-state index contributed by atoms with van der Waals surface area (Å²) in [6.45, 7) is 2.42. The van der Waals surface area contributed by atoms with Crippen LogP contribution in [0.3, 0.4) is 0 Å². The number of primary amides is 1. The Morgan fingerprint density at radius 3 is 2.29 bits per heavy atom. The van der Waals surface area contributed by atoms with E-state index in [1.807, 2.05) is 0 Å². The maximum Gasteiger partial charge on any atom is 0.223 e. The Hall–Kier alpha value is -0.810. The molecule has 1 rings (SSSR count). The summed E-state index contributed by atoms with van der Waals surface area (Å²) >= 11 is 0. The van der Waals surface area contributed by atoms with Crippen molar-refractivity contribution in [2.24, 2.45) is 5.73 Å². The van der Waals surface area contributed by atoms with Crippen molar-refractivity contribution >= 4 is 24.2 Å². The first-order valence-corrected chi connectivity index (χ1v) is 4.34.